The Bertz CT molecular complexity index is 273. The molecule has 0 unspecified atom stereocenters. The molecule has 0 saturated heterocycles. The Morgan fingerprint density at radius 2 is 1.17 bits per heavy atom. The van der Waals surface area contributed by atoms with Crippen molar-refractivity contribution in [3.05, 3.63) is 0 Å². The fourth-order valence-corrected chi connectivity index (χ4v) is 0.714. The summed E-state index contributed by atoms with van der Waals surface area (Å²) in [6.45, 7) is 0. The first kappa shape index (κ1) is 22.9. The Hall–Kier alpha value is -0.270. The van der Waals surface area contributed by atoms with Gasteiger partial charge in [0.1, 0.15) is 0 Å². The minimum absolute atomic E-state index is 0. The molecule has 100 valence electrons. The molecular weight excluding hydrogens is 335 g/mol. The molecular formula is C6H8BrNaO10. The van der Waals surface area contributed by atoms with E-state index in [9.17, 15) is 14.4 Å². The quantitative estimate of drug-likeness (QED) is 0.347. The van der Waals surface area contributed by atoms with Gasteiger partial charge < -0.3 is 33.0 Å². The van der Waals surface area contributed by atoms with Crippen molar-refractivity contribution >= 4 is 17.9 Å². The largest absolute Gasteiger partial charge is 1.00 e. The van der Waals surface area contributed by atoms with Crippen LogP contribution < -0.4 is 42.2 Å². The van der Waals surface area contributed by atoms with Crippen LogP contribution in [0, 0.1) is 14.8 Å². The SMILES string of the molecule is O=C(O)CC(O)(CC(=O)O)C(=O)O.[Na+].[O-][Br+2]([O-])[O-]. The number of aliphatic hydroxyl groups is 1. The first-order valence-electron chi connectivity index (χ1n) is 3.63. The summed E-state index contributed by atoms with van der Waals surface area (Å²) >= 11 is -3.65. The zero-order valence-electron chi connectivity index (χ0n) is 9.03. The first-order chi connectivity index (χ1) is 7.51. The van der Waals surface area contributed by atoms with Gasteiger partial charge in [-0.3, -0.25) is 9.59 Å². The Kier molecular flexibility index (Phi) is 13.5. The van der Waals surface area contributed by atoms with Crippen LogP contribution in [0.4, 0.5) is 0 Å². The summed E-state index contributed by atoms with van der Waals surface area (Å²) in [6.07, 6.45) is -2.29. The number of aliphatic carboxylic acids is 3. The van der Waals surface area contributed by atoms with Gasteiger partial charge in [-0.15, -0.1) is 0 Å². The molecule has 0 radical (unpaired) electrons. The first-order valence-corrected chi connectivity index (χ1v) is 5.58. The second kappa shape index (κ2) is 10.6. The van der Waals surface area contributed by atoms with Gasteiger partial charge in [-0.25, -0.2) is 4.79 Å². The summed E-state index contributed by atoms with van der Waals surface area (Å²) in [5, 5.41) is 33.8. The summed E-state index contributed by atoms with van der Waals surface area (Å²) in [4.78, 5) is 30.5. The summed E-state index contributed by atoms with van der Waals surface area (Å²) in [5.41, 5.74) is -2.74. The van der Waals surface area contributed by atoms with Crippen molar-refractivity contribution in [1.29, 1.82) is 0 Å². The molecule has 4 N–H and O–H groups in total. The monoisotopic (exact) mass is 342 g/mol. The summed E-state index contributed by atoms with van der Waals surface area (Å²) < 4.78 is 25.6. The number of hydrogen-bond donors (Lipinski definition) is 4. The predicted octanol–water partition coefficient (Wildman–Crippen LogP) is -7.81. The van der Waals surface area contributed by atoms with Crippen molar-refractivity contribution in [2.75, 3.05) is 0 Å². The molecule has 0 bridgehead atoms. The average Bonchev–Trinajstić information content (AvgIpc) is 1.98. The maximum Gasteiger partial charge on any atom is 1.00 e. The molecule has 0 aromatic rings. The van der Waals surface area contributed by atoms with Crippen LogP contribution in [0.5, 0.6) is 0 Å². The third-order valence-corrected chi connectivity index (χ3v) is 1.29. The van der Waals surface area contributed by atoms with E-state index in [4.69, 9.17) is 33.0 Å². The molecule has 0 heterocycles. The van der Waals surface area contributed by atoms with E-state index in [0.717, 1.165) is 0 Å². The fraction of sp³-hybridized carbons (Fsp3) is 0.500. The molecule has 12 heteroatoms. The normalized spacial score (nSPS) is 9.83. The van der Waals surface area contributed by atoms with Crippen LogP contribution in [0.1, 0.15) is 12.8 Å². The molecule has 0 rings (SSSR count). The van der Waals surface area contributed by atoms with E-state index < -0.39 is 51.2 Å². The zero-order valence-corrected chi connectivity index (χ0v) is 12.6. The van der Waals surface area contributed by atoms with Crippen molar-refractivity contribution < 1.29 is 91.8 Å². The van der Waals surface area contributed by atoms with Crippen LogP contribution in [-0.4, -0.2) is 43.9 Å². The number of carboxylic acids is 3. The molecule has 0 aliphatic rings. The van der Waals surface area contributed by atoms with Crippen LogP contribution in [0.2, 0.25) is 0 Å². The molecule has 0 fully saturated rings. The van der Waals surface area contributed by atoms with Crippen LogP contribution in [0.25, 0.3) is 0 Å². The van der Waals surface area contributed by atoms with Crippen LogP contribution in [-0.2, 0) is 14.4 Å². The van der Waals surface area contributed by atoms with E-state index in [1.807, 2.05) is 0 Å². The van der Waals surface area contributed by atoms with Gasteiger partial charge in [0.05, 0.1) is 12.8 Å². The van der Waals surface area contributed by atoms with Gasteiger partial charge in [0.25, 0.3) is 0 Å². The molecule has 18 heavy (non-hydrogen) atoms. The Balaban J connectivity index is -0.000000392. The van der Waals surface area contributed by atoms with Gasteiger partial charge in [-0.1, -0.05) is 0 Å². The van der Waals surface area contributed by atoms with Crippen molar-refractivity contribution in [3.8, 4) is 0 Å². The van der Waals surface area contributed by atoms with E-state index in [-0.39, 0.29) is 29.6 Å². The van der Waals surface area contributed by atoms with Crippen molar-refractivity contribution in [2.45, 2.75) is 18.4 Å². The number of carbonyl (C=O) groups is 3. The number of halogens is 1. The van der Waals surface area contributed by atoms with Gasteiger partial charge >= 0.3 is 47.5 Å². The maximum absolute atomic E-state index is 10.3. The zero-order chi connectivity index (χ0) is 14.2. The second-order valence-electron chi connectivity index (χ2n) is 2.67. The topological polar surface area (TPSA) is 201 Å². The molecule has 10 nitrogen and oxygen atoms in total. The third-order valence-electron chi connectivity index (χ3n) is 1.29. The minimum atomic E-state index is -3.65. The van der Waals surface area contributed by atoms with E-state index >= 15 is 0 Å². The van der Waals surface area contributed by atoms with Crippen LogP contribution in [0.3, 0.4) is 0 Å². The van der Waals surface area contributed by atoms with E-state index in [1.54, 1.807) is 0 Å². The van der Waals surface area contributed by atoms with E-state index in [2.05, 4.69) is 0 Å². The molecule has 0 aromatic carbocycles. The summed E-state index contributed by atoms with van der Waals surface area (Å²) in [6, 6.07) is 0. The van der Waals surface area contributed by atoms with E-state index in [0.29, 0.717) is 0 Å². The fourth-order valence-electron chi connectivity index (χ4n) is 0.714. The maximum atomic E-state index is 10.3. The molecule has 0 spiro atoms. The Morgan fingerprint density at radius 3 is 1.28 bits per heavy atom. The Morgan fingerprint density at radius 1 is 0.944 bits per heavy atom. The molecule has 0 amide bonds. The molecule has 0 aliphatic heterocycles. The van der Waals surface area contributed by atoms with Gasteiger partial charge in [-0.2, -0.15) is 0 Å². The van der Waals surface area contributed by atoms with Crippen molar-refractivity contribution in [1.82, 2.24) is 0 Å². The molecule has 0 atom stereocenters. The molecule has 0 aromatic heterocycles. The number of rotatable bonds is 5. The standard InChI is InChI=1S/C6H8O7.BrO3.Na/c7-3(8)1-6(13,5(11)12)2-4(9)10;2-1(3)4;/h13H,1-2H2,(H,7,8)(H,9,10)(H,11,12);;/q;-1;+1. The predicted molar refractivity (Wildman–Crippen MR) is 37.1 cm³/mol. The average molecular weight is 343 g/mol. The van der Waals surface area contributed by atoms with Gasteiger partial charge in [0, 0.05) is 0 Å². The van der Waals surface area contributed by atoms with Crippen LogP contribution >= 0.6 is 0 Å². The summed E-state index contributed by atoms with van der Waals surface area (Å²) in [5.74, 6) is -5.02. The smallest absolute Gasteiger partial charge is 0.481 e. The van der Waals surface area contributed by atoms with E-state index in [1.165, 1.54) is 0 Å². The second-order valence-corrected chi connectivity index (χ2v) is 3.46. The van der Waals surface area contributed by atoms with Gasteiger partial charge in [-0.05, 0) is 0 Å². The number of carboxylic acid groups (broad SMARTS) is 3. The molecule has 0 aliphatic carbocycles. The summed E-state index contributed by atoms with van der Waals surface area (Å²) in [7, 11) is 0. The number of hydrogen-bond acceptors (Lipinski definition) is 7. The Labute approximate surface area is 128 Å². The minimum Gasteiger partial charge on any atom is -0.481 e. The molecule has 0 saturated carbocycles. The van der Waals surface area contributed by atoms with Crippen molar-refractivity contribution in [2.24, 2.45) is 0 Å². The van der Waals surface area contributed by atoms with Crippen LogP contribution in [0.15, 0.2) is 0 Å². The van der Waals surface area contributed by atoms with Crippen molar-refractivity contribution in [3.63, 3.8) is 0 Å². The van der Waals surface area contributed by atoms with Gasteiger partial charge in [0.2, 0.25) is 14.8 Å². The third kappa shape index (κ3) is 13.8. The van der Waals surface area contributed by atoms with Gasteiger partial charge in [0.15, 0.2) is 5.60 Å².